The van der Waals surface area contributed by atoms with Gasteiger partial charge in [0.1, 0.15) is 6.04 Å². The average molecular weight is 264 g/mol. The summed E-state index contributed by atoms with van der Waals surface area (Å²) in [5.74, 6) is -1.49. The van der Waals surface area contributed by atoms with Crippen LogP contribution < -0.4 is 5.73 Å². The largest absolute Gasteiger partial charge is 0.480 e. The highest BCUT2D eigenvalue weighted by molar-refractivity contribution is 6.30. The molecule has 1 atom stereocenters. The number of rotatable bonds is 4. The standard InChI is InChI=1S/C10H10ClNO3.ClH/c11-7-3-1-6(2-4-7)9(13)5-8(12)10(14)15;/h1-4,8H,5,12H2,(H,14,15);1H. The molecule has 0 aliphatic carbocycles. The number of benzene rings is 1. The highest BCUT2D eigenvalue weighted by Crippen LogP contribution is 2.11. The number of hydrogen-bond acceptors (Lipinski definition) is 3. The van der Waals surface area contributed by atoms with Crippen LogP contribution in [0.2, 0.25) is 5.02 Å². The predicted molar refractivity (Wildman–Crippen MR) is 63.3 cm³/mol. The number of Topliss-reactive ketones (excluding diaryl/α,β-unsaturated/α-hetero) is 1. The van der Waals surface area contributed by atoms with Crippen molar-refractivity contribution >= 4 is 35.8 Å². The quantitative estimate of drug-likeness (QED) is 0.812. The lowest BCUT2D eigenvalue weighted by Gasteiger charge is -2.05. The number of carbonyl (C=O) groups excluding carboxylic acids is 1. The molecule has 0 saturated heterocycles. The first-order chi connectivity index (χ1) is 7.00. The van der Waals surface area contributed by atoms with E-state index in [4.69, 9.17) is 22.4 Å². The maximum atomic E-state index is 11.5. The Morgan fingerprint density at radius 1 is 1.31 bits per heavy atom. The van der Waals surface area contributed by atoms with Gasteiger partial charge in [0.25, 0.3) is 0 Å². The third kappa shape index (κ3) is 4.18. The molecule has 0 aliphatic heterocycles. The van der Waals surface area contributed by atoms with Gasteiger partial charge in [-0.05, 0) is 24.3 Å². The van der Waals surface area contributed by atoms with Gasteiger partial charge in [-0.2, -0.15) is 0 Å². The van der Waals surface area contributed by atoms with E-state index in [-0.39, 0.29) is 24.6 Å². The molecule has 6 heteroatoms. The van der Waals surface area contributed by atoms with Gasteiger partial charge in [-0.15, -0.1) is 12.4 Å². The van der Waals surface area contributed by atoms with Crippen LogP contribution in [0.3, 0.4) is 0 Å². The Balaban J connectivity index is 0.00000225. The molecule has 16 heavy (non-hydrogen) atoms. The molecule has 1 unspecified atom stereocenters. The maximum Gasteiger partial charge on any atom is 0.320 e. The van der Waals surface area contributed by atoms with Crippen LogP contribution in [0.15, 0.2) is 24.3 Å². The van der Waals surface area contributed by atoms with Crippen LogP contribution in [-0.2, 0) is 4.79 Å². The van der Waals surface area contributed by atoms with Crippen molar-refractivity contribution in [2.75, 3.05) is 0 Å². The van der Waals surface area contributed by atoms with Crippen molar-refractivity contribution in [2.45, 2.75) is 12.5 Å². The Morgan fingerprint density at radius 3 is 2.25 bits per heavy atom. The van der Waals surface area contributed by atoms with Crippen LogP contribution in [0, 0.1) is 0 Å². The molecule has 0 amide bonds. The van der Waals surface area contributed by atoms with Crippen LogP contribution in [0.4, 0.5) is 0 Å². The van der Waals surface area contributed by atoms with E-state index in [9.17, 15) is 9.59 Å². The lowest BCUT2D eigenvalue weighted by molar-refractivity contribution is -0.138. The Kier molecular flexibility index (Phi) is 6.03. The third-order valence-electron chi connectivity index (χ3n) is 1.89. The fraction of sp³-hybridized carbons (Fsp3) is 0.200. The van der Waals surface area contributed by atoms with Gasteiger partial charge in [-0.3, -0.25) is 9.59 Å². The van der Waals surface area contributed by atoms with Gasteiger partial charge in [0.05, 0.1) is 0 Å². The first-order valence-electron chi connectivity index (χ1n) is 4.28. The molecule has 0 aliphatic rings. The minimum absolute atomic E-state index is 0. The van der Waals surface area contributed by atoms with E-state index in [2.05, 4.69) is 0 Å². The SMILES string of the molecule is Cl.NC(CC(=O)c1ccc(Cl)cc1)C(=O)O. The second kappa shape index (κ2) is 6.48. The summed E-state index contributed by atoms with van der Waals surface area (Å²) < 4.78 is 0. The lowest BCUT2D eigenvalue weighted by atomic mass is 10.0. The fourth-order valence-electron chi connectivity index (χ4n) is 1.04. The summed E-state index contributed by atoms with van der Waals surface area (Å²) in [5, 5.41) is 9.05. The van der Waals surface area contributed by atoms with E-state index in [0.29, 0.717) is 10.6 Å². The zero-order chi connectivity index (χ0) is 11.4. The Hall–Kier alpha value is -1.10. The van der Waals surface area contributed by atoms with Crippen molar-refractivity contribution in [1.29, 1.82) is 0 Å². The molecular formula is C10H11Cl2NO3. The second-order valence-corrected chi connectivity index (χ2v) is 3.52. The first kappa shape index (κ1) is 14.9. The molecule has 0 bridgehead atoms. The van der Waals surface area contributed by atoms with Gasteiger partial charge in [-0.25, -0.2) is 0 Å². The average Bonchev–Trinajstić information content (AvgIpc) is 2.18. The number of carboxylic acid groups (broad SMARTS) is 1. The Bertz CT molecular complexity index is 378. The third-order valence-corrected chi connectivity index (χ3v) is 2.14. The summed E-state index contributed by atoms with van der Waals surface area (Å²) in [7, 11) is 0. The van der Waals surface area contributed by atoms with E-state index < -0.39 is 12.0 Å². The summed E-state index contributed by atoms with van der Waals surface area (Å²) >= 11 is 5.64. The predicted octanol–water partition coefficient (Wildman–Crippen LogP) is 1.75. The fourth-order valence-corrected chi connectivity index (χ4v) is 1.17. The Labute approximate surface area is 104 Å². The number of halogens is 2. The minimum atomic E-state index is -1.18. The van der Waals surface area contributed by atoms with E-state index in [1.807, 2.05) is 0 Å². The van der Waals surface area contributed by atoms with Crippen LogP contribution >= 0.6 is 24.0 Å². The zero-order valence-electron chi connectivity index (χ0n) is 8.22. The number of aliphatic carboxylic acids is 1. The molecule has 0 saturated carbocycles. The van der Waals surface area contributed by atoms with Gasteiger partial charge < -0.3 is 10.8 Å². The van der Waals surface area contributed by atoms with Gasteiger partial charge >= 0.3 is 5.97 Å². The van der Waals surface area contributed by atoms with Crippen molar-refractivity contribution in [1.82, 2.24) is 0 Å². The highest BCUT2D eigenvalue weighted by atomic mass is 35.5. The topological polar surface area (TPSA) is 80.4 Å². The van der Waals surface area contributed by atoms with E-state index >= 15 is 0 Å². The van der Waals surface area contributed by atoms with Crippen molar-refractivity contribution < 1.29 is 14.7 Å². The molecule has 0 spiro atoms. The molecule has 0 radical (unpaired) electrons. The van der Waals surface area contributed by atoms with Gasteiger partial charge in [0.2, 0.25) is 0 Å². The first-order valence-corrected chi connectivity index (χ1v) is 4.65. The lowest BCUT2D eigenvalue weighted by Crippen LogP contribution is -2.32. The van der Waals surface area contributed by atoms with E-state index in [1.165, 1.54) is 0 Å². The van der Waals surface area contributed by atoms with Crippen LogP contribution in [0.5, 0.6) is 0 Å². The van der Waals surface area contributed by atoms with Crippen LogP contribution in [-0.4, -0.2) is 22.9 Å². The van der Waals surface area contributed by atoms with Crippen molar-refractivity contribution in [3.05, 3.63) is 34.9 Å². The highest BCUT2D eigenvalue weighted by Gasteiger charge is 2.17. The number of nitrogens with two attached hydrogens (primary N) is 1. The molecule has 88 valence electrons. The smallest absolute Gasteiger partial charge is 0.320 e. The molecular weight excluding hydrogens is 253 g/mol. The normalized spacial score (nSPS) is 11.4. The Morgan fingerprint density at radius 2 is 1.81 bits per heavy atom. The molecule has 0 fully saturated rings. The van der Waals surface area contributed by atoms with Crippen molar-refractivity contribution in [2.24, 2.45) is 5.73 Å². The number of ketones is 1. The minimum Gasteiger partial charge on any atom is -0.480 e. The number of carbonyl (C=O) groups is 2. The van der Waals surface area contributed by atoms with Gasteiger partial charge in [0, 0.05) is 17.0 Å². The van der Waals surface area contributed by atoms with Gasteiger partial charge in [-0.1, -0.05) is 11.6 Å². The molecule has 1 aromatic carbocycles. The molecule has 4 nitrogen and oxygen atoms in total. The van der Waals surface area contributed by atoms with E-state index in [1.54, 1.807) is 24.3 Å². The number of hydrogen-bond donors (Lipinski definition) is 2. The summed E-state index contributed by atoms with van der Waals surface area (Å²) in [6, 6.07) is 5.06. The zero-order valence-corrected chi connectivity index (χ0v) is 9.79. The van der Waals surface area contributed by atoms with Gasteiger partial charge in [0.15, 0.2) is 5.78 Å². The monoisotopic (exact) mass is 263 g/mol. The molecule has 0 aromatic heterocycles. The molecule has 0 heterocycles. The number of carboxylic acids is 1. The van der Waals surface area contributed by atoms with Crippen LogP contribution in [0.1, 0.15) is 16.8 Å². The maximum absolute atomic E-state index is 11.5. The molecule has 1 aromatic rings. The summed E-state index contributed by atoms with van der Waals surface area (Å²) in [4.78, 5) is 21.9. The summed E-state index contributed by atoms with van der Waals surface area (Å²) in [6.45, 7) is 0. The molecule has 1 rings (SSSR count). The second-order valence-electron chi connectivity index (χ2n) is 3.08. The van der Waals surface area contributed by atoms with Crippen molar-refractivity contribution in [3.8, 4) is 0 Å². The summed E-state index contributed by atoms with van der Waals surface area (Å²) in [6.07, 6.45) is -0.211. The van der Waals surface area contributed by atoms with Crippen LogP contribution in [0.25, 0.3) is 0 Å². The van der Waals surface area contributed by atoms with Crippen molar-refractivity contribution in [3.63, 3.8) is 0 Å². The van der Waals surface area contributed by atoms with E-state index in [0.717, 1.165) is 0 Å². The molecule has 3 N–H and O–H groups in total. The summed E-state index contributed by atoms with van der Waals surface area (Å²) in [5.41, 5.74) is 5.65.